The highest BCUT2D eigenvalue weighted by atomic mass is 16.6. The summed E-state index contributed by atoms with van der Waals surface area (Å²) in [5.41, 5.74) is 0. The number of ether oxygens (including phenoxy) is 3. The van der Waals surface area contributed by atoms with Crippen LogP contribution in [0, 0.1) is 0 Å². The monoisotopic (exact) mass is 1030 g/mol. The van der Waals surface area contributed by atoms with Gasteiger partial charge in [-0.25, -0.2) is 0 Å². The molecule has 0 aliphatic rings. The fourth-order valence-electron chi connectivity index (χ4n) is 8.68. The first-order chi connectivity index (χ1) is 36.5. The third-order valence-corrected chi connectivity index (χ3v) is 13.3. The lowest BCUT2D eigenvalue weighted by atomic mass is 10.0. The largest absolute Gasteiger partial charge is 0.462 e. The first-order valence-corrected chi connectivity index (χ1v) is 31.2. The van der Waals surface area contributed by atoms with E-state index in [1.807, 2.05) is 6.08 Å². The lowest BCUT2D eigenvalue weighted by molar-refractivity contribution is -0.166. The Kier molecular flexibility index (Phi) is 58.8. The Bertz CT molecular complexity index is 1460. The zero-order chi connectivity index (χ0) is 53.6. The van der Waals surface area contributed by atoms with Crippen molar-refractivity contribution in [1.82, 2.24) is 0 Å². The summed E-state index contributed by atoms with van der Waals surface area (Å²) in [7, 11) is 0. The SMILES string of the molecule is CC/C=C\C/C=C\C/C=C\C/C=C\C/C=C\C/C=C\CCC(=O)OC(COC(=O)CCCCCCCCCCCC)COC(=O)CCCCCCCCCCCCCCCCC/C=C\C/C=C\CCCCCCC. The molecule has 0 amide bonds. The van der Waals surface area contributed by atoms with Crippen molar-refractivity contribution in [3.05, 3.63) is 97.2 Å². The molecule has 6 heteroatoms. The molecule has 74 heavy (non-hydrogen) atoms. The predicted octanol–water partition coefficient (Wildman–Crippen LogP) is 21.3. The molecule has 0 aliphatic carbocycles. The van der Waals surface area contributed by atoms with E-state index in [-0.39, 0.29) is 31.6 Å². The van der Waals surface area contributed by atoms with E-state index in [2.05, 4.69) is 112 Å². The number of hydrogen-bond donors (Lipinski definition) is 0. The van der Waals surface area contributed by atoms with Crippen LogP contribution in [0.2, 0.25) is 0 Å². The van der Waals surface area contributed by atoms with Gasteiger partial charge < -0.3 is 14.2 Å². The number of carbonyl (C=O) groups excluding carboxylic acids is 3. The van der Waals surface area contributed by atoms with Crippen molar-refractivity contribution in [3.63, 3.8) is 0 Å². The molecule has 424 valence electrons. The first kappa shape index (κ1) is 70.3. The highest BCUT2D eigenvalue weighted by molar-refractivity contribution is 5.71. The molecule has 0 N–H and O–H groups in total. The molecule has 0 aliphatic heterocycles. The maximum Gasteiger partial charge on any atom is 0.306 e. The van der Waals surface area contributed by atoms with Gasteiger partial charge in [-0.1, -0.05) is 285 Å². The number of carbonyl (C=O) groups is 3. The van der Waals surface area contributed by atoms with Crippen LogP contribution in [-0.4, -0.2) is 37.2 Å². The minimum Gasteiger partial charge on any atom is -0.462 e. The molecule has 0 saturated heterocycles. The van der Waals surface area contributed by atoms with E-state index in [9.17, 15) is 14.4 Å². The molecule has 0 fully saturated rings. The lowest BCUT2D eigenvalue weighted by Crippen LogP contribution is -2.30. The van der Waals surface area contributed by atoms with Gasteiger partial charge >= 0.3 is 17.9 Å². The Labute approximate surface area is 457 Å². The number of allylic oxidation sites excluding steroid dienone is 16. The quantitative estimate of drug-likeness (QED) is 0.0261. The smallest absolute Gasteiger partial charge is 0.306 e. The number of unbranched alkanes of at least 4 members (excludes halogenated alkanes) is 29. The summed E-state index contributed by atoms with van der Waals surface area (Å²) in [5.74, 6) is -0.985. The summed E-state index contributed by atoms with van der Waals surface area (Å²) >= 11 is 0. The molecule has 0 rings (SSSR count). The van der Waals surface area contributed by atoms with Crippen molar-refractivity contribution < 1.29 is 28.6 Å². The Morgan fingerprint density at radius 1 is 0.284 bits per heavy atom. The minimum atomic E-state index is -0.816. The molecule has 0 heterocycles. The summed E-state index contributed by atoms with van der Waals surface area (Å²) in [4.78, 5) is 38.1. The maximum atomic E-state index is 12.8. The molecule has 1 unspecified atom stereocenters. The van der Waals surface area contributed by atoms with E-state index >= 15 is 0 Å². The molecule has 0 radical (unpaired) electrons. The molecule has 0 bridgehead atoms. The highest BCUT2D eigenvalue weighted by Crippen LogP contribution is 2.16. The first-order valence-electron chi connectivity index (χ1n) is 31.2. The average Bonchev–Trinajstić information content (AvgIpc) is 3.40. The molecule has 6 nitrogen and oxygen atoms in total. The summed E-state index contributed by atoms with van der Waals surface area (Å²) < 4.78 is 16.8. The van der Waals surface area contributed by atoms with Crippen LogP contribution < -0.4 is 0 Å². The van der Waals surface area contributed by atoms with Crippen LogP contribution >= 0.6 is 0 Å². The van der Waals surface area contributed by atoms with Crippen LogP contribution in [0.1, 0.15) is 297 Å². The van der Waals surface area contributed by atoms with Crippen LogP contribution in [0.25, 0.3) is 0 Å². The Morgan fingerprint density at radius 3 is 0.878 bits per heavy atom. The van der Waals surface area contributed by atoms with E-state index in [0.717, 1.165) is 83.5 Å². The van der Waals surface area contributed by atoms with Crippen molar-refractivity contribution >= 4 is 17.9 Å². The van der Waals surface area contributed by atoms with Crippen LogP contribution in [0.4, 0.5) is 0 Å². The van der Waals surface area contributed by atoms with Crippen LogP contribution in [0.3, 0.4) is 0 Å². The van der Waals surface area contributed by atoms with Crippen molar-refractivity contribution in [2.75, 3.05) is 13.2 Å². The van der Waals surface area contributed by atoms with Gasteiger partial charge in [-0.3, -0.25) is 14.4 Å². The van der Waals surface area contributed by atoms with Gasteiger partial charge in [0.15, 0.2) is 6.10 Å². The third-order valence-electron chi connectivity index (χ3n) is 13.3. The fraction of sp³-hybridized carbons (Fsp3) is 0.721. The Balaban J connectivity index is 4.29. The summed E-state index contributed by atoms with van der Waals surface area (Å²) in [5, 5.41) is 0. The highest BCUT2D eigenvalue weighted by Gasteiger charge is 2.19. The van der Waals surface area contributed by atoms with Crippen LogP contribution in [0.15, 0.2) is 97.2 Å². The van der Waals surface area contributed by atoms with Gasteiger partial charge in [0.2, 0.25) is 0 Å². The Morgan fingerprint density at radius 2 is 0.554 bits per heavy atom. The van der Waals surface area contributed by atoms with Crippen molar-refractivity contribution in [2.24, 2.45) is 0 Å². The van der Waals surface area contributed by atoms with Gasteiger partial charge in [0, 0.05) is 19.3 Å². The van der Waals surface area contributed by atoms with E-state index < -0.39 is 12.1 Å². The summed E-state index contributed by atoms with van der Waals surface area (Å²) in [6.45, 7) is 6.46. The molecular formula is C68H116O6. The van der Waals surface area contributed by atoms with E-state index in [4.69, 9.17) is 14.2 Å². The predicted molar refractivity (Wildman–Crippen MR) is 320 cm³/mol. The van der Waals surface area contributed by atoms with E-state index in [1.165, 1.54) is 167 Å². The number of esters is 3. The van der Waals surface area contributed by atoms with Crippen LogP contribution in [-0.2, 0) is 28.6 Å². The zero-order valence-corrected chi connectivity index (χ0v) is 48.6. The van der Waals surface area contributed by atoms with Crippen LogP contribution in [0.5, 0.6) is 0 Å². The molecule has 0 aromatic carbocycles. The zero-order valence-electron chi connectivity index (χ0n) is 48.6. The second-order valence-electron chi connectivity index (χ2n) is 20.6. The van der Waals surface area contributed by atoms with Gasteiger partial charge in [0.1, 0.15) is 13.2 Å². The van der Waals surface area contributed by atoms with E-state index in [1.54, 1.807) is 0 Å². The molecule has 0 spiro atoms. The lowest BCUT2D eigenvalue weighted by Gasteiger charge is -2.18. The third kappa shape index (κ3) is 59.2. The molecule has 0 aromatic heterocycles. The normalized spacial score (nSPS) is 12.7. The van der Waals surface area contributed by atoms with Gasteiger partial charge in [0.25, 0.3) is 0 Å². The standard InChI is InChI=1S/C68H116O6/c1-4-7-10-13-16-19-22-24-26-28-30-31-32-33-34-35-36-37-39-40-42-44-46-49-52-55-58-61-67(70)73-64-65(63-72-66(69)60-57-54-51-48-21-18-15-12-9-6-3)74-68(71)62-59-56-53-50-47-45-43-41-38-29-27-25-23-20-17-14-11-8-5-2/h8,11,17,20,22,24-25,27-28,30,38,41,45,47,53,56,65H,4-7,9-10,12-16,18-19,21,23,26,29,31-37,39-40,42-44,46,48-52,54-55,57-64H2,1-3H3/b11-8-,20-17-,24-22-,27-25-,30-28-,41-38-,47-45-,56-53-. The van der Waals surface area contributed by atoms with Gasteiger partial charge in [-0.15, -0.1) is 0 Å². The number of rotatable bonds is 56. The number of hydrogen-bond acceptors (Lipinski definition) is 6. The van der Waals surface area contributed by atoms with Crippen molar-refractivity contribution in [1.29, 1.82) is 0 Å². The average molecular weight is 1030 g/mol. The van der Waals surface area contributed by atoms with Gasteiger partial charge in [-0.05, 0) is 89.9 Å². The van der Waals surface area contributed by atoms with E-state index in [0.29, 0.717) is 19.3 Å². The maximum absolute atomic E-state index is 12.8. The fourth-order valence-corrected chi connectivity index (χ4v) is 8.68. The summed E-state index contributed by atoms with van der Waals surface area (Å²) in [6.07, 6.45) is 82.9. The van der Waals surface area contributed by atoms with Gasteiger partial charge in [0.05, 0.1) is 0 Å². The Hall–Kier alpha value is -3.67. The second kappa shape index (κ2) is 61.9. The van der Waals surface area contributed by atoms with Crippen molar-refractivity contribution in [2.45, 2.75) is 303 Å². The topological polar surface area (TPSA) is 78.9 Å². The molecular weight excluding hydrogens is 913 g/mol. The minimum absolute atomic E-state index is 0.105. The van der Waals surface area contributed by atoms with Gasteiger partial charge in [-0.2, -0.15) is 0 Å². The molecule has 0 aromatic rings. The summed E-state index contributed by atoms with van der Waals surface area (Å²) in [6, 6.07) is 0. The van der Waals surface area contributed by atoms with Crippen molar-refractivity contribution in [3.8, 4) is 0 Å². The second-order valence-corrected chi connectivity index (χ2v) is 20.6. The molecule has 1 atom stereocenters. The molecule has 0 saturated carbocycles.